The highest BCUT2D eigenvalue weighted by molar-refractivity contribution is 6.31. The van der Waals surface area contributed by atoms with E-state index in [2.05, 4.69) is 6.58 Å². The number of carbonyl (C=O) groups excluding carboxylic acids is 2. The van der Waals surface area contributed by atoms with Crippen LogP contribution in [0.15, 0.2) is 24.3 Å². The fourth-order valence-corrected chi connectivity index (χ4v) is 2.75. The lowest BCUT2D eigenvalue weighted by atomic mass is 9.88. The molecular weight excluding hydrogens is 236 g/mol. The van der Waals surface area contributed by atoms with Crippen molar-refractivity contribution in [2.75, 3.05) is 0 Å². The third-order valence-corrected chi connectivity index (χ3v) is 3.39. The number of Topliss-reactive ketones (excluding diaryl/α,β-unsaturated/α-hetero) is 2. The molecule has 1 aliphatic carbocycles. The number of hydrogen-bond acceptors (Lipinski definition) is 2. The summed E-state index contributed by atoms with van der Waals surface area (Å²) >= 11 is 5.94. The molecule has 3 heteroatoms. The second-order valence-corrected chi connectivity index (χ2v) is 4.93. The highest BCUT2D eigenvalue weighted by atomic mass is 35.5. The van der Waals surface area contributed by atoms with Crippen molar-refractivity contribution in [2.45, 2.75) is 26.2 Å². The van der Waals surface area contributed by atoms with E-state index < -0.39 is 5.92 Å². The molecule has 1 atom stereocenters. The molecule has 0 N–H and O–H groups in total. The molecule has 0 heterocycles. The molecule has 0 spiro atoms. The number of ketones is 2. The molecule has 1 aliphatic rings. The number of aryl methyl sites for hydroxylation is 2. The van der Waals surface area contributed by atoms with Crippen molar-refractivity contribution < 1.29 is 9.59 Å². The maximum atomic E-state index is 12.0. The maximum Gasteiger partial charge on any atom is 0.173 e. The first-order valence-electron chi connectivity index (χ1n) is 5.43. The summed E-state index contributed by atoms with van der Waals surface area (Å²) in [5.74, 6) is -0.878. The Morgan fingerprint density at radius 2 is 1.76 bits per heavy atom. The van der Waals surface area contributed by atoms with E-state index in [4.69, 9.17) is 11.6 Å². The molecule has 0 aliphatic heterocycles. The van der Waals surface area contributed by atoms with E-state index in [1.165, 1.54) is 0 Å². The van der Waals surface area contributed by atoms with Crippen LogP contribution in [0.25, 0.3) is 0 Å². The summed E-state index contributed by atoms with van der Waals surface area (Å²) in [6.07, 6.45) is 0.172. The van der Waals surface area contributed by atoms with E-state index in [0.29, 0.717) is 10.6 Å². The lowest BCUT2D eigenvalue weighted by Crippen LogP contribution is -2.15. The van der Waals surface area contributed by atoms with Gasteiger partial charge in [0.05, 0.1) is 0 Å². The third kappa shape index (κ3) is 1.93. The predicted octanol–water partition coefficient (Wildman–Crippen LogP) is 3.14. The Hall–Kier alpha value is -1.41. The van der Waals surface area contributed by atoms with Gasteiger partial charge in [-0.1, -0.05) is 18.2 Å². The summed E-state index contributed by atoms with van der Waals surface area (Å²) in [6, 6.07) is 3.57. The Kier molecular flexibility index (Phi) is 2.92. The summed E-state index contributed by atoms with van der Waals surface area (Å²) in [6.45, 7) is 7.38. The molecule has 2 nitrogen and oxygen atoms in total. The second-order valence-electron chi connectivity index (χ2n) is 4.50. The summed E-state index contributed by atoms with van der Waals surface area (Å²) in [5.41, 5.74) is 2.98. The summed E-state index contributed by atoms with van der Waals surface area (Å²) in [5, 5.41) is 0.625. The van der Waals surface area contributed by atoms with Gasteiger partial charge in [0.25, 0.3) is 0 Å². The van der Waals surface area contributed by atoms with Gasteiger partial charge in [0.15, 0.2) is 11.6 Å². The van der Waals surface area contributed by atoms with Crippen molar-refractivity contribution in [3.05, 3.63) is 46.0 Å². The second kappa shape index (κ2) is 4.11. The van der Waals surface area contributed by atoms with Gasteiger partial charge in [-0.15, -0.1) is 0 Å². The van der Waals surface area contributed by atoms with Crippen molar-refractivity contribution >= 4 is 23.2 Å². The van der Waals surface area contributed by atoms with Crippen LogP contribution < -0.4 is 0 Å². The van der Waals surface area contributed by atoms with E-state index in [1.54, 1.807) is 12.1 Å². The van der Waals surface area contributed by atoms with Crippen LogP contribution in [0.5, 0.6) is 0 Å². The SMILES string of the molecule is C=C1CC(=O)C(c2c(C)cc(Cl)cc2C)C1=O. The molecule has 2 rings (SSSR count). The molecule has 1 aromatic carbocycles. The fraction of sp³-hybridized carbons (Fsp3) is 0.286. The van der Waals surface area contributed by atoms with Crippen molar-refractivity contribution in [1.29, 1.82) is 0 Å². The van der Waals surface area contributed by atoms with Crippen LogP contribution in [-0.2, 0) is 9.59 Å². The third-order valence-electron chi connectivity index (χ3n) is 3.17. The number of benzene rings is 1. The summed E-state index contributed by atoms with van der Waals surface area (Å²) < 4.78 is 0. The zero-order chi connectivity index (χ0) is 12.7. The fourth-order valence-electron chi connectivity index (χ4n) is 2.42. The standard InChI is InChI=1S/C14H13ClO2/c1-7-4-10(15)5-8(2)12(7)13-11(16)6-9(3)14(13)17/h4-5,13H,3,6H2,1-2H3. The molecule has 1 aromatic rings. The van der Waals surface area contributed by atoms with Gasteiger partial charge in [0, 0.05) is 11.4 Å². The molecule has 1 saturated carbocycles. The smallest absolute Gasteiger partial charge is 0.173 e. The Labute approximate surface area is 105 Å². The van der Waals surface area contributed by atoms with E-state index in [0.717, 1.165) is 16.7 Å². The molecule has 1 unspecified atom stereocenters. The van der Waals surface area contributed by atoms with Gasteiger partial charge < -0.3 is 0 Å². The van der Waals surface area contributed by atoms with Crippen LogP contribution >= 0.6 is 11.6 Å². The minimum atomic E-state index is -0.667. The normalized spacial score (nSPS) is 20.2. The highest BCUT2D eigenvalue weighted by Gasteiger charge is 2.38. The van der Waals surface area contributed by atoms with E-state index in [9.17, 15) is 9.59 Å². The molecular formula is C14H13ClO2. The van der Waals surface area contributed by atoms with Gasteiger partial charge in [-0.05, 0) is 48.2 Å². The predicted molar refractivity (Wildman–Crippen MR) is 67.4 cm³/mol. The minimum Gasteiger partial charge on any atom is -0.298 e. The zero-order valence-corrected chi connectivity index (χ0v) is 10.6. The van der Waals surface area contributed by atoms with Gasteiger partial charge in [-0.25, -0.2) is 0 Å². The van der Waals surface area contributed by atoms with E-state index in [1.807, 2.05) is 13.8 Å². The number of allylic oxidation sites excluding steroid dienone is 1. The Morgan fingerprint density at radius 1 is 1.24 bits per heavy atom. The van der Waals surface area contributed by atoms with Crippen LogP contribution in [0.4, 0.5) is 0 Å². The van der Waals surface area contributed by atoms with Crippen molar-refractivity contribution in [2.24, 2.45) is 0 Å². The van der Waals surface area contributed by atoms with E-state index in [-0.39, 0.29) is 18.0 Å². The van der Waals surface area contributed by atoms with Crippen molar-refractivity contribution in [1.82, 2.24) is 0 Å². The van der Waals surface area contributed by atoms with Crippen LogP contribution in [0.3, 0.4) is 0 Å². The van der Waals surface area contributed by atoms with Crippen LogP contribution in [0, 0.1) is 13.8 Å². The van der Waals surface area contributed by atoms with E-state index >= 15 is 0 Å². The topological polar surface area (TPSA) is 34.1 Å². The first kappa shape index (κ1) is 12.1. The maximum absolute atomic E-state index is 12.0. The highest BCUT2D eigenvalue weighted by Crippen LogP contribution is 2.35. The molecule has 17 heavy (non-hydrogen) atoms. The zero-order valence-electron chi connectivity index (χ0n) is 9.84. The molecule has 88 valence electrons. The number of carbonyl (C=O) groups is 2. The molecule has 0 bridgehead atoms. The Balaban J connectivity index is 2.59. The minimum absolute atomic E-state index is 0.0616. The quantitative estimate of drug-likeness (QED) is 0.565. The molecule has 0 saturated heterocycles. The van der Waals surface area contributed by atoms with Gasteiger partial charge in [0.2, 0.25) is 0 Å². The molecule has 1 fully saturated rings. The first-order chi connectivity index (χ1) is 7.91. The van der Waals surface area contributed by atoms with Gasteiger partial charge >= 0.3 is 0 Å². The molecule has 0 aromatic heterocycles. The van der Waals surface area contributed by atoms with Gasteiger partial charge in [-0.2, -0.15) is 0 Å². The van der Waals surface area contributed by atoms with Gasteiger partial charge in [0.1, 0.15) is 5.92 Å². The van der Waals surface area contributed by atoms with Crippen LogP contribution in [-0.4, -0.2) is 11.6 Å². The molecule has 0 radical (unpaired) electrons. The van der Waals surface area contributed by atoms with Crippen LogP contribution in [0.1, 0.15) is 29.0 Å². The number of halogens is 1. The number of hydrogen-bond donors (Lipinski definition) is 0. The van der Waals surface area contributed by atoms with Crippen molar-refractivity contribution in [3.8, 4) is 0 Å². The van der Waals surface area contributed by atoms with Gasteiger partial charge in [-0.3, -0.25) is 9.59 Å². The summed E-state index contributed by atoms with van der Waals surface area (Å²) in [4.78, 5) is 23.8. The Bertz CT molecular complexity index is 520. The largest absolute Gasteiger partial charge is 0.298 e. The average molecular weight is 249 g/mol. The lowest BCUT2D eigenvalue weighted by molar-refractivity contribution is -0.123. The number of rotatable bonds is 1. The van der Waals surface area contributed by atoms with Crippen LogP contribution in [0.2, 0.25) is 5.02 Å². The monoisotopic (exact) mass is 248 g/mol. The van der Waals surface area contributed by atoms with Crippen molar-refractivity contribution in [3.63, 3.8) is 0 Å². The summed E-state index contributed by atoms with van der Waals surface area (Å²) in [7, 11) is 0. The Morgan fingerprint density at radius 3 is 2.18 bits per heavy atom. The average Bonchev–Trinajstić information content (AvgIpc) is 2.43. The lowest BCUT2D eigenvalue weighted by Gasteiger charge is -2.14. The first-order valence-corrected chi connectivity index (χ1v) is 5.81. The molecule has 0 amide bonds.